The van der Waals surface area contributed by atoms with Gasteiger partial charge in [-0.15, -0.1) is 0 Å². The van der Waals surface area contributed by atoms with Gasteiger partial charge in [0.1, 0.15) is 11.4 Å². The first-order valence-corrected chi connectivity index (χ1v) is 8.18. The fourth-order valence-corrected chi connectivity index (χ4v) is 2.42. The van der Waals surface area contributed by atoms with Crippen molar-refractivity contribution < 1.29 is 19.1 Å². The van der Waals surface area contributed by atoms with E-state index in [9.17, 15) is 14.7 Å². The summed E-state index contributed by atoms with van der Waals surface area (Å²) in [4.78, 5) is 25.3. The van der Waals surface area contributed by atoms with Crippen LogP contribution in [0.4, 0.5) is 0 Å². The molecule has 0 radical (unpaired) electrons. The van der Waals surface area contributed by atoms with Gasteiger partial charge in [-0.3, -0.25) is 9.59 Å². The zero-order valence-electron chi connectivity index (χ0n) is 15.3. The molecule has 0 atom stereocenters. The smallest absolute Gasteiger partial charge is 0.203 e. The maximum absolute atomic E-state index is 12.8. The molecule has 4 heteroatoms. The highest BCUT2D eigenvalue weighted by atomic mass is 16.3. The maximum atomic E-state index is 12.8. The molecule has 0 unspecified atom stereocenters. The van der Waals surface area contributed by atoms with E-state index in [4.69, 9.17) is 4.42 Å². The first-order chi connectivity index (χ1) is 10.9. The lowest BCUT2D eigenvalue weighted by Gasteiger charge is -2.18. The lowest BCUT2D eigenvalue weighted by molar-refractivity contribution is -0.125. The van der Waals surface area contributed by atoms with Gasteiger partial charge >= 0.3 is 0 Å². The molecule has 1 heterocycles. The number of ketones is 2. The first kappa shape index (κ1) is 18.4. The molecule has 2 aromatic rings. The Hall–Kier alpha value is -1.94. The summed E-state index contributed by atoms with van der Waals surface area (Å²) in [5.41, 5.74) is 0.812. The lowest BCUT2D eigenvalue weighted by Crippen LogP contribution is -2.25. The third-order valence-corrected chi connectivity index (χ3v) is 4.10. The molecule has 1 N–H and O–H groups in total. The van der Waals surface area contributed by atoms with Crippen molar-refractivity contribution in [2.45, 2.75) is 54.6 Å². The van der Waals surface area contributed by atoms with Crippen LogP contribution in [0.5, 0.6) is 0 Å². The topological polar surface area (TPSA) is 67.5 Å². The minimum Gasteiger partial charge on any atom is -0.453 e. The SMILES string of the molecule is CC(C)(C)C(=O)Cc1c(C(=O)C(C)(C)C)oc2ccc(CO)cc12. The van der Waals surface area contributed by atoms with E-state index < -0.39 is 10.8 Å². The summed E-state index contributed by atoms with van der Waals surface area (Å²) in [6, 6.07) is 5.29. The summed E-state index contributed by atoms with van der Waals surface area (Å²) in [6.45, 7) is 11.0. The summed E-state index contributed by atoms with van der Waals surface area (Å²) in [6.07, 6.45) is 0.141. The summed E-state index contributed by atoms with van der Waals surface area (Å²) in [5.74, 6) is 0.175. The van der Waals surface area contributed by atoms with Crippen LogP contribution in [0.3, 0.4) is 0 Å². The molecule has 0 fully saturated rings. The monoisotopic (exact) mass is 330 g/mol. The lowest BCUT2D eigenvalue weighted by atomic mass is 9.83. The average molecular weight is 330 g/mol. The number of aliphatic hydroxyl groups is 1. The zero-order valence-corrected chi connectivity index (χ0v) is 15.3. The molecule has 4 nitrogen and oxygen atoms in total. The molecule has 0 saturated heterocycles. The molecule has 130 valence electrons. The van der Waals surface area contributed by atoms with Crippen molar-refractivity contribution in [3.05, 3.63) is 35.1 Å². The predicted molar refractivity (Wildman–Crippen MR) is 94.1 cm³/mol. The van der Waals surface area contributed by atoms with E-state index in [-0.39, 0.29) is 30.4 Å². The first-order valence-electron chi connectivity index (χ1n) is 8.18. The number of Topliss-reactive ketones (excluding diaryl/α,β-unsaturated/α-hetero) is 2. The van der Waals surface area contributed by atoms with Crippen LogP contribution in [0, 0.1) is 10.8 Å². The van der Waals surface area contributed by atoms with Gasteiger partial charge in [-0.1, -0.05) is 47.6 Å². The number of rotatable bonds is 4. The Morgan fingerprint density at radius 3 is 2.17 bits per heavy atom. The fourth-order valence-electron chi connectivity index (χ4n) is 2.42. The molecule has 0 aliphatic carbocycles. The second kappa shape index (κ2) is 6.17. The molecule has 24 heavy (non-hydrogen) atoms. The molecular weight excluding hydrogens is 304 g/mol. The Morgan fingerprint density at radius 1 is 1.04 bits per heavy atom. The standard InChI is InChI=1S/C20H26O4/c1-19(2,3)16(22)10-14-13-9-12(11-21)7-8-15(13)24-17(14)18(23)20(4,5)6/h7-9,21H,10-11H2,1-6H3. The van der Waals surface area contributed by atoms with Crippen LogP contribution in [0.25, 0.3) is 11.0 Å². The van der Waals surface area contributed by atoms with E-state index in [0.29, 0.717) is 11.1 Å². The summed E-state index contributed by atoms with van der Waals surface area (Å²) in [7, 11) is 0. The van der Waals surface area contributed by atoms with Crippen molar-refractivity contribution in [2.75, 3.05) is 0 Å². The van der Waals surface area contributed by atoms with E-state index in [0.717, 1.165) is 10.9 Å². The molecule has 0 spiro atoms. The number of fused-ring (bicyclic) bond motifs is 1. The fraction of sp³-hybridized carbons (Fsp3) is 0.500. The normalized spacial score (nSPS) is 12.6. The number of carbonyl (C=O) groups is 2. The van der Waals surface area contributed by atoms with Crippen LogP contribution in [-0.4, -0.2) is 16.7 Å². The van der Waals surface area contributed by atoms with Gasteiger partial charge in [0.05, 0.1) is 6.61 Å². The van der Waals surface area contributed by atoms with E-state index in [1.54, 1.807) is 18.2 Å². The van der Waals surface area contributed by atoms with Gasteiger partial charge in [0.25, 0.3) is 0 Å². The third-order valence-electron chi connectivity index (χ3n) is 4.10. The van der Waals surface area contributed by atoms with Crippen LogP contribution in [-0.2, 0) is 17.8 Å². The minimum atomic E-state index is -0.604. The van der Waals surface area contributed by atoms with Gasteiger partial charge in [-0.25, -0.2) is 0 Å². The number of aliphatic hydroxyl groups excluding tert-OH is 1. The largest absolute Gasteiger partial charge is 0.453 e. The molecule has 0 aliphatic heterocycles. The Morgan fingerprint density at radius 2 is 1.67 bits per heavy atom. The van der Waals surface area contributed by atoms with E-state index in [2.05, 4.69) is 0 Å². The predicted octanol–water partition coefficient (Wildman–Crippen LogP) is 4.31. The molecule has 2 rings (SSSR count). The van der Waals surface area contributed by atoms with Crippen LogP contribution >= 0.6 is 0 Å². The van der Waals surface area contributed by atoms with Crippen molar-refractivity contribution >= 4 is 22.5 Å². The Bertz CT molecular complexity index is 782. The molecule has 1 aromatic carbocycles. The molecule has 0 aliphatic rings. The van der Waals surface area contributed by atoms with Crippen LogP contribution in [0.2, 0.25) is 0 Å². The van der Waals surface area contributed by atoms with Crippen molar-refractivity contribution in [3.63, 3.8) is 0 Å². The van der Waals surface area contributed by atoms with Crippen molar-refractivity contribution in [1.82, 2.24) is 0 Å². The van der Waals surface area contributed by atoms with Crippen LogP contribution in [0.15, 0.2) is 22.6 Å². The van der Waals surface area contributed by atoms with Crippen molar-refractivity contribution in [3.8, 4) is 0 Å². The second-order valence-corrected chi connectivity index (χ2v) is 8.33. The molecular formula is C20H26O4. The second-order valence-electron chi connectivity index (χ2n) is 8.33. The Balaban J connectivity index is 2.66. The van der Waals surface area contributed by atoms with Crippen LogP contribution in [0.1, 0.15) is 63.2 Å². The molecule has 1 aromatic heterocycles. The molecule has 0 amide bonds. The maximum Gasteiger partial charge on any atom is 0.203 e. The third kappa shape index (κ3) is 3.59. The van der Waals surface area contributed by atoms with Gasteiger partial charge < -0.3 is 9.52 Å². The van der Waals surface area contributed by atoms with Gasteiger partial charge in [0.15, 0.2) is 5.76 Å². The van der Waals surface area contributed by atoms with E-state index >= 15 is 0 Å². The van der Waals surface area contributed by atoms with Crippen molar-refractivity contribution in [2.24, 2.45) is 10.8 Å². The highest BCUT2D eigenvalue weighted by molar-refractivity contribution is 6.05. The van der Waals surface area contributed by atoms with Gasteiger partial charge in [-0.2, -0.15) is 0 Å². The number of furan rings is 1. The molecule has 0 saturated carbocycles. The zero-order chi connectivity index (χ0) is 18.3. The van der Waals surface area contributed by atoms with Gasteiger partial charge in [0, 0.05) is 28.2 Å². The quantitative estimate of drug-likeness (QED) is 0.848. The number of carbonyl (C=O) groups excluding carboxylic acids is 2. The Labute approximate surface area is 142 Å². The summed E-state index contributed by atoms with van der Waals surface area (Å²) >= 11 is 0. The van der Waals surface area contributed by atoms with Crippen molar-refractivity contribution in [1.29, 1.82) is 0 Å². The average Bonchev–Trinajstić information content (AvgIpc) is 2.82. The van der Waals surface area contributed by atoms with Gasteiger partial charge in [-0.05, 0) is 17.7 Å². The van der Waals surface area contributed by atoms with Gasteiger partial charge in [0.2, 0.25) is 5.78 Å². The van der Waals surface area contributed by atoms with E-state index in [1.165, 1.54) is 0 Å². The highest BCUT2D eigenvalue weighted by Gasteiger charge is 2.32. The minimum absolute atomic E-state index is 0.0440. The van der Waals surface area contributed by atoms with E-state index in [1.807, 2.05) is 41.5 Å². The number of hydrogen-bond acceptors (Lipinski definition) is 4. The van der Waals surface area contributed by atoms with Crippen LogP contribution < -0.4 is 0 Å². The number of hydrogen-bond donors (Lipinski definition) is 1. The summed E-state index contributed by atoms with van der Waals surface area (Å²) in [5, 5.41) is 10.1. The number of benzene rings is 1. The Kier molecular flexibility index (Phi) is 4.73. The molecule has 0 bridgehead atoms. The summed E-state index contributed by atoms with van der Waals surface area (Å²) < 4.78 is 5.82. The highest BCUT2D eigenvalue weighted by Crippen LogP contribution is 2.33.